The number of piperidine rings is 1. The van der Waals surface area contributed by atoms with Crippen molar-refractivity contribution in [3.05, 3.63) is 35.6 Å². The van der Waals surface area contributed by atoms with E-state index in [2.05, 4.69) is 29.2 Å². The fourth-order valence-electron chi connectivity index (χ4n) is 3.14. The van der Waals surface area contributed by atoms with Crippen molar-refractivity contribution in [3.8, 4) is 0 Å². The molecule has 21 heavy (non-hydrogen) atoms. The maximum absolute atomic E-state index is 13.0. The lowest BCUT2D eigenvalue weighted by Crippen LogP contribution is -2.42. The van der Waals surface area contributed by atoms with Crippen molar-refractivity contribution in [1.29, 1.82) is 0 Å². The summed E-state index contributed by atoms with van der Waals surface area (Å²) in [6.07, 6.45) is 3.58. The van der Waals surface area contributed by atoms with E-state index < -0.39 is 0 Å². The van der Waals surface area contributed by atoms with Gasteiger partial charge in [0.1, 0.15) is 5.82 Å². The highest BCUT2D eigenvalue weighted by atomic mass is 19.1. The molecule has 1 aliphatic heterocycles. The monoisotopic (exact) mass is 293 g/mol. The molecule has 0 aromatic heterocycles. The number of hydrogen-bond donors (Lipinski definition) is 1. The zero-order valence-corrected chi connectivity index (χ0v) is 13.5. The summed E-state index contributed by atoms with van der Waals surface area (Å²) in [5.74, 6) is -0.167. The van der Waals surface area contributed by atoms with E-state index in [1.54, 1.807) is 12.1 Å². The van der Waals surface area contributed by atoms with Gasteiger partial charge in [0.2, 0.25) is 0 Å². The molecule has 0 radical (unpaired) electrons. The van der Waals surface area contributed by atoms with Gasteiger partial charge in [0, 0.05) is 12.1 Å². The average Bonchev–Trinajstić information content (AvgIpc) is 2.50. The first kappa shape index (κ1) is 16.4. The van der Waals surface area contributed by atoms with E-state index in [0.717, 1.165) is 19.0 Å². The molecule has 1 saturated heterocycles. The molecular formula is C17H28FN3. The summed E-state index contributed by atoms with van der Waals surface area (Å²) in [7, 11) is 6.32. The quantitative estimate of drug-likeness (QED) is 0.869. The summed E-state index contributed by atoms with van der Waals surface area (Å²) in [5, 5.41) is 3.35. The Morgan fingerprint density at radius 3 is 2.38 bits per heavy atom. The van der Waals surface area contributed by atoms with Gasteiger partial charge in [0.15, 0.2) is 0 Å². The molecular weight excluding hydrogens is 265 g/mol. The molecule has 3 nitrogen and oxygen atoms in total. The van der Waals surface area contributed by atoms with Gasteiger partial charge in [-0.25, -0.2) is 4.39 Å². The van der Waals surface area contributed by atoms with Crippen LogP contribution < -0.4 is 5.32 Å². The van der Waals surface area contributed by atoms with E-state index in [4.69, 9.17) is 0 Å². The molecule has 0 bridgehead atoms. The predicted octanol–water partition coefficient (Wildman–Crippen LogP) is 2.50. The molecule has 0 spiro atoms. The standard InChI is InChI=1S/C17H28FN3/c1-19-17(14-4-6-15(18)7-5-14)10-13-21-11-8-16(9-12-21)20(2)3/h4-7,16-17,19H,8-13H2,1-3H3. The van der Waals surface area contributed by atoms with Gasteiger partial charge >= 0.3 is 0 Å². The number of likely N-dealkylation sites (tertiary alicyclic amines) is 1. The molecule has 118 valence electrons. The average molecular weight is 293 g/mol. The molecule has 1 heterocycles. The lowest BCUT2D eigenvalue weighted by Gasteiger charge is -2.35. The van der Waals surface area contributed by atoms with Gasteiger partial charge in [0.05, 0.1) is 0 Å². The van der Waals surface area contributed by atoms with Crippen molar-refractivity contribution in [2.24, 2.45) is 0 Å². The highest BCUT2D eigenvalue weighted by molar-refractivity contribution is 5.19. The van der Waals surface area contributed by atoms with Crippen molar-refractivity contribution >= 4 is 0 Å². The third kappa shape index (κ3) is 4.77. The van der Waals surface area contributed by atoms with Crippen molar-refractivity contribution in [3.63, 3.8) is 0 Å². The second-order valence-electron chi connectivity index (χ2n) is 6.22. The molecule has 1 fully saturated rings. The second kappa shape index (κ2) is 7.87. The second-order valence-corrected chi connectivity index (χ2v) is 6.22. The molecule has 1 unspecified atom stereocenters. The van der Waals surface area contributed by atoms with Crippen LogP contribution in [0.4, 0.5) is 4.39 Å². The molecule has 1 aliphatic rings. The van der Waals surface area contributed by atoms with Crippen molar-refractivity contribution in [1.82, 2.24) is 15.1 Å². The summed E-state index contributed by atoms with van der Waals surface area (Å²) in [6, 6.07) is 7.89. The number of nitrogens with zero attached hydrogens (tertiary/aromatic N) is 2. The van der Waals surface area contributed by atoms with Gasteiger partial charge in [-0.05, 0) is 77.7 Å². The van der Waals surface area contributed by atoms with Gasteiger partial charge in [-0.15, -0.1) is 0 Å². The lowest BCUT2D eigenvalue weighted by atomic mass is 10.0. The van der Waals surface area contributed by atoms with E-state index in [-0.39, 0.29) is 5.82 Å². The van der Waals surface area contributed by atoms with Crippen LogP contribution in [0.15, 0.2) is 24.3 Å². The summed E-state index contributed by atoms with van der Waals surface area (Å²) in [5.41, 5.74) is 1.17. The Balaban J connectivity index is 1.80. The Hall–Kier alpha value is -0.970. The highest BCUT2D eigenvalue weighted by Gasteiger charge is 2.21. The summed E-state index contributed by atoms with van der Waals surface area (Å²) in [4.78, 5) is 4.89. The van der Waals surface area contributed by atoms with Crippen LogP contribution in [-0.4, -0.2) is 56.6 Å². The van der Waals surface area contributed by atoms with Crippen LogP contribution in [0.5, 0.6) is 0 Å². The van der Waals surface area contributed by atoms with Crippen LogP contribution in [0.3, 0.4) is 0 Å². The zero-order chi connectivity index (χ0) is 15.2. The fraction of sp³-hybridized carbons (Fsp3) is 0.647. The summed E-state index contributed by atoms with van der Waals surface area (Å²) < 4.78 is 13.0. The Bertz CT molecular complexity index is 411. The minimum absolute atomic E-state index is 0.167. The van der Waals surface area contributed by atoms with Crippen LogP contribution in [0.25, 0.3) is 0 Å². The Morgan fingerprint density at radius 1 is 1.24 bits per heavy atom. The van der Waals surface area contributed by atoms with E-state index in [1.807, 2.05) is 19.2 Å². The van der Waals surface area contributed by atoms with Gasteiger partial charge in [-0.3, -0.25) is 0 Å². The van der Waals surface area contributed by atoms with Crippen LogP contribution in [0, 0.1) is 5.82 Å². The third-order valence-electron chi connectivity index (χ3n) is 4.64. The lowest BCUT2D eigenvalue weighted by molar-refractivity contribution is 0.141. The molecule has 1 aromatic rings. The number of nitrogens with one attached hydrogen (secondary N) is 1. The third-order valence-corrected chi connectivity index (χ3v) is 4.64. The zero-order valence-electron chi connectivity index (χ0n) is 13.5. The number of halogens is 1. The van der Waals surface area contributed by atoms with E-state index in [0.29, 0.717) is 6.04 Å². The minimum Gasteiger partial charge on any atom is -0.313 e. The van der Waals surface area contributed by atoms with Crippen molar-refractivity contribution in [2.45, 2.75) is 31.3 Å². The van der Waals surface area contributed by atoms with Gasteiger partial charge in [0.25, 0.3) is 0 Å². The summed E-state index contributed by atoms with van der Waals surface area (Å²) in [6.45, 7) is 3.47. The first-order chi connectivity index (χ1) is 10.1. The molecule has 2 rings (SSSR count). The van der Waals surface area contributed by atoms with E-state index in [9.17, 15) is 4.39 Å². The first-order valence-corrected chi connectivity index (χ1v) is 7.91. The molecule has 1 atom stereocenters. The van der Waals surface area contributed by atoms with Crippen LogP contribution >= 0.6 is 0 Å². The van der Waals surface area contributed by atoms with Gasteiger partial charge < -0.3 is 15.1 Å². The highest BCUT2D eigenvalue weighted by Crippen LogP contribution is 2.20. The fourth-order valence-corrected chi connectivity index (χ4v) is 3.14. The number of benzene rings is 1. The molecule has 0 aliphatic carbocycles. The molecule has 0 saturated carbocycles. The van der Waals surface area contributed by atoms with E-state index in [1.165, 1.54) is 31.5 Å². The predicted molar refractivity (Wildman–Crippen MR) is 86.0 cm³/mol. The first-order valence-electron chi connectivity index (χ1n) is 7.91. The van der Waals surface area contributed by atoms with E-state index >= 15 is 0 Å². The summed E-state index contributed by atoms with van der Waals surface area (Å²) >= 11 is 0. The van der Waals surface area contributed by atoms with Gasteiger partial charge in [-0.2, -0.15) is 0 Å². The normalized spacial score (nSPS) is 19.1. The number of rotatable bonds is 6. The van der Waals surface area contributed by atoms with Crippen LogP contribution in [-0.2, 0) is 0 Å². The largest absolute Gasteiger partial charge is 0.313 e. The van der Waals surface area contributed by atoms with Crippen molar-refractivity contribution in [2.75, 3.05) is 40.8 Å². The Kier molecular flexibility index (Phi) is 6.15. The molecule has 1 N–H and O–H groups in total. The molecule has 1 aromatic carbocycles. The topological polar surface area (TPSA) is 18.5 Å². The minimum atomic E-state index is -0.167. The van der Waals surface area contributed by atoms with Gasteiger partial charge in [-0.1, -0.05) is 12.1 Å². The Labute approximate surface area is 128 Å². The van der Waals surface area contributed by atoms with Crippen molar-refractivity contribution < 1.29 is 4.39 Å². The van der Waals surface area contributed by atoms with Crippen LogP contribution in [0.2, 0.25) is 0 Å². The van der Waals surface area contributed by atoms with Crippen LogP contribution in [0.1, 0.15) is 30.9 Å². The molecule has 0 amide bonds. The SMILES string of the molecule is CNC(CCN1CCC(N(C)C)CC1)c1ccc(F)cc1. The number of hydrogen-bond acceptors (Lipinski definition) is 3. The Morgan fingerprint density at radius 2 is 1.86 bits per heavy atom. The maximum atomic E-state index is 13.0. The maximum Gasteiger partial charge on any atom is 0.123 e. The molecule has 4 heteroatoms. The smallest absolute Gasteiger partial charge is 0.123 e.